The number of anilines is 1. The highest BCUT2D eigenvalue weighted by Crippen LogP contribution is 2.24. The monoisotopic (exact) mass is 210 g/mol. The van der Waals surface area contributed by atoms with Crippen LogP contribution in [0.15, 0.2) is 48.9 Å². The Morgan fingerprint density at radius 2 is 2.00 bits per heavy atom. The van der Waals surface area contributed by atoms with Crippen LogP contribution in [-0.2, 0) is 0 Å². The average Bonchev–Trinajstić information content (AvgIpc) is 2.73. The van der Waals surface area contributed by atoms with Crippen molar-refractivity contribution in [3.05, 3.63) is 48.9 Å². The third kappa shape index (κ3) is 1.32. The average molecular weight is 210 g/mol. The fourth-order valence-electron chi connectivity index (χ4n) is 1.69. The third-order valence-corrected chi connectivity index (χ3v) is 2.47. The summed E-state index contributed by atoms with van der Waals surface area (Å²) < 4.78 is 1.88. The Morgan fingerprint density at radius 1 is 1.12 bits per heavy atom. The molecular weight excluding hydrogens is 200 g/mol. The van der Waals surface area contributed by atoms with E-state index in [1.54, 1.807) is 6.20 Å². The minimum atomic E-state index is 0.681. The number of hydrogen-bond donors (Lipinski definition) is 1. The van der Waals surface area contributed by atoms with Crippen LogP contribution in [0, 0.1) is 0 Å². The van der Waals surface area contributed by atoms with Gasteiger partial charge in [0, 0.05) is 29.8 Å². The van der Waals surface area contributed by atoms with Gasteiger partial charge in [0.1, 0.15) is 0 Å². The second-order valence-corrected chi connectivity index (χ2v) is 3.54. The summed E-state index contributed by atoms with van der Waals surface area (Å²) in [7, 11) is 0. The molecule has 0 saturated carbocycles. The van der Waals surface area contributed by atoms with Gasteiger partial charge in [-0.1, -0.05) is 18.2 Å². The fourth-order valence-corrected chi connectivity index (χ4v) is 1.69. The van der Waals surface area contributed by atoms with Gasteiger partial charge in [-0.05, 0) is 12.1 Å². The Morgan fingerprint density at radius 3 is 2.81 bits per heavy atom. The molecule has 4 nitrogen and oxygen atoms in total. The van der Waals surface area contributed by atoms with Gasteiger partial charge in [-0.3, -0.25) is 4.40 Å². The molecule has 2 heterocycles. The number of aromatic nitrogens is 3. The van der Waals surface area contributed by atoms with Crippen molar-refractivity contribution in [2.45, 2.75) is 0 Å². The topological polar surface area (TPSA) is 56.2 Å². The van der Waals surface area contributed by atoms with Crippen molar-refractivity contribution >= 4 is 11.5 Å². The smallest absolute Gasteiger partial charge is 0.234 e. The second kappa shape index (κ2) is 3.34. The lowest BCUT2D eigenvalue weighted by molar-refractivity contribution is 1.11. The van der Waals surface area contributed by atoms with E-state index in [0.717, 1.165) is 16.9 Å². The van der Waals surface area contributed by atoms with Gasteiger partial charge in [-0.2, -0.15) is 0 Å². The number of hydrogen-bond acceptors (Lipinski definition) is 3. The van der Waals surface area contributed by atoms with E-state index in [4.69, 9.17) is 5.73 Å². The Labute approximate surface area is 92.4 Å². The number of para-hydroxylation sites is 1. The van der Waals surface area contributed by atoms with E-state index in [0.29, 0.717) is 5.78 Å². The second-order valence-electron chi connectivity index (χ2n) is 3.54. The Kier molecular flexibility index (Phi) is 1.86. The van der Waals surface area contributed by atoms with Crippen LogP contribution in [0.5, 0.6) is 0 Å². The van der Waals surface area contributed by atoms with E-state index in [9.17, 15) is 0 Å². The first-order valence-electron chi connectivity index (χ1n) is 4.99. The summed E-state index contributed by atoms with van der Waals surface area (Å²) in [6.45, 7) is 0. The van der Waals surface area contributed by atoms with Crippen LogP contribution < -0.4 is 5.73 Å². The van der Waals surface area contributed by atoms with Gasteiger partial charge < -0.3 is 5.73 Å². The zero-order chi connectivity index (χ0) is 11.0. The first kappa shape index (κ1) is 8.91. The van der Waals surface area contributed by atoms with E-state index in [-0.39, 0.29) is 0 Å². The normalized spacial score (nSPS) is 10.8. The molecule has 0 fully saturated rings. The number of nitrogens with zero attached hydrogens (tertiary/aromatic N) is 3. The molecule has 0 bridgehead atoms. The molecule has 3 rings (SSSR count). The quantitative estimate of drug-likeness (QED) is 0.625. The third-order valence-electron chi connectivity index (χ3n) is 2.47. The number of nitrogens with two attached hydrogens (primary N) is 1. The predicted molar refractivity (Wildman–Crippen MR) is 62.8 cm³/mol. The SMILES string of the molecule is Nc1ccccc1-c1cn2cccnc2n1. The summed E-state index contributed by atoms with van der Waals surface area (Å²) in [5, 5.41) is 0. The molecule has 0 atom stereocenters. The van der Waals surface area contributed by atoms with E-state index < -0.39 is 0 Å². The van der Waals surface area contributed by atoms with Crippen LogP contribution in [0.3, 0.4) is 0 Å². The van der Waals surface area contributed by atoms with Crippen LogP contribution in [0.2, 0.25) is 0 Å². The van der Waals surface area contributed by atoms with Gasteiger partial charge in [0.25, 0.3) is 0 Å². The van der Waals surface area contributed by atoms with Gasteiger partial charge in [-0.25, -0.2) is 9.97 Å². The molecule has 0 unspecified atom stereocenters. The summed E-state index contributed by atoms with van der Waals surface area (Å²) in [5.41, 5.74) is 8.41. The van der Waals surface area contributed by atoms with Crippen LogP contribution in [0.4, 0.5) is 5.69 Å². The Balaban J connectivity index is 2.23. The lowest BCUT2D eigenvalue weighted by atomic mass is 10.1. The summed E-state index contributed by atoms with van der Waals surface area (Å²) in [4.78, 5) is 8.58. The van der Waals surface area contributed by atoms with Crippen molar-refractivity contribution in [2.24, 2.45) is 0 Å². The molecule has 2 aromatic heterocycles. The van der Waals surface area contributed by atoms with Gasteiger partial charge in [0.15, 0.2) is 0 Å². The van der Waals surface area contributed by atoms with E-state index >= 15 is 0 Å². The van der Waals surface area contributed by atoms with E-state index in [2.05, 4.69) is 9.97 Å². The molecular formula is C12H10N4. The van der Waals surface area contributed by atoms with Crippen LogP contribution in [0.25, 0.3) is 17.0 Å². The van der Waals surface area contributed by atoms with Crippen molar-refractivity contribution in [3.8, 4) is 11.3 Å². The van der Waals surface area contributed by atoms with Crippen molar-refractivity contribution < 1.29 is 0 Å². The van der Waals surface area contributed by atoms with Gasteiger partial charge >= 0.3 is 0 Å². The number of rotatable bonds is 1. The highest BCUT2D eigenvalue weighted by atomic mass is 15.1. The van der Waals surface area contributed by atoms with Crippen molar-refractivity contribution in [1.82, 2.24) is 14.4 Å². The maximum Gasteiger partial charge on any atom is 0.234 e. The lowest BCUT2D eigenvalue weighted by Gasteiger charge is -1.99. The molecule has 3 aromatic rings. The summed E-state index contributed by atoms with van der Waals surface area (Å²) in [6.07, 6.45) is 5.56. The van der Waals surface area contributed by atoms with Crippen molar-refractivity contribution in [3.63, 3.8) is 0 Å². The number of fused-ring (bicyclic) bond motifs is 1. The standard InChI is InChI=1S/C12H10N4/c13-10-5-2-1-4-9(10)11-8-16-7-3-6-14-12(16)15-11/h1-8H,13H2. The highest BCUT2D eigenvalue weighted by Gasteiger charge is 2.06. The fraction of sp³-hybridized carbons (Fsp3) is 0. The lowest BCUT2D eigenvalue weighted by Crippen LogP contribution is -1.88. The number of nitrogen functional groups attached to an aromatic ring is 1. The Hall–Kier alpha value is -2.36. The zero-order valence-electron chi connectivity index (χ0n) is 8.54. The predicted octanol–water partition coefficient (Wildman–Crippen LogP) is 1.98. The molecule has 0 aliphatic rings. The van der Waals surface area contributed by atoms with E-state index in [1.165, 1.54) is 0 Å². The maximum absolute atomic E-state index is 5.90. The largest absolute Gasteiger partial charge is 0.398 e. The molecule has 1 aromatic carbocycles. The van der Waals surface area contributed by atoms with Gasteiger partial charge in [0.2, 0.25) is 5.78 Å². The number of imidazole rings is 1. The minimum Gasteiger partial charge on any atom is -0.398 e. The van der Waals surface area contributed by atoms with Crippen molar-refractivity contribution in [1.29, 1.82) is 0 Å². The first-order valence-corrected chi connectivity index (χ1v) is 4.99. The molecule has 0 radical (unpaired) electrons. The molecule has 0 saturated heterocycles. The molecule has 0 amide bonds. The molecule has 0 spiro atoms. The van der Waals surface area contributed by atoms with Gasteiger partial charge in [0.05, 0.1) is 5.69 Å². The van der Waals surface area contributed by atoms with Gasteiger partial charge in [-0.15, -0.1) is 0 Å². The van der Waals surface area contributed by atoms with Crippen LogP contribution in [-0.4, -0.2) is 14.4 Å². The minimum absolute atomic E-state index is 0.681. The van der Waals surface area contributed by atoms with Crippen LogP contribution in [0.1, 0.15) is 0 Å². The molecule has 78 valence electrons. The molecule has 0 aliphatic heterocycles. The first-order chi connectivity index (χ1) is 7.84. The molecule has 0 aliphatic carbocycles. The summed E-state index contributed by atoms with van der Waals surface area (Å²) in [5.74, 6) is 0.681. The molecule has 2 N–H and O–H groups in total. The molecule has 4 heteroatoms. The van der Waals surface area contributed by atoms with Crippen LogP contribution >= 0.6 is 0 Å². The number of benzene rings is 1. The zero-order valence-corrected chi connectivity index (χ0v) is 8.54. The summed E-state index contributed by atoms with van der Waals surface area (Å²) in [6, 6.07) is 9.55. The van der Waals surface area contributed by atoms with E-state index in [1.807, 2.05) is 47.1 Å². The highest BCUT2D eigenvalue weighted by molar-refractivity contribution is 5.74. The van der Waals surface area contributed by atoms with Crippen molar-refractivity contribution in [2.75, 3.05) is 5.73 Å². The summed E-state index contributed by atoms with van der Waals surface area (Å²) >= 11 is 0. The Bertz CT molecular complexity index is 609. The maximum atomic E-state index is 5.90. The molecule has 16 heavy (non-hydrogen) atoms.